The van der Waals surface area contributed by atoms with E-state index < -0.39 is 12.1 Å². The van der Waals surface area contributed by atoms with Gasteiger partial charge in [0.15, 0.2) is 0 Å². The highest BCUT2D eigenvalue weighted by molar-refractivity contribution is 5.79. The molecule has 2 fully saturated rings. The lowest BCUT2D eigenvalue weighted by Crippen LogP contribution is -2.50. The summed E-state index contributed by atoms with van der Waals surface area (Å²) < 4.78 is 37.6. The Labute approximate surface area is 111 Å². The molecule has 2 rings (SSSR count). The van der Waals surface area contributed by atoms with Crippen molar-refractivity contribution in [1.82, 2.24) is 10.6 Å². The van der Waals surface area contributed by atoms with Crippen molar-refractivity contribution >= 4 is 5.91 Å². The monoisotopic (exact) mass is 278 g/mol. The summed E-state index contributed by atoms with van der Waals surface area (Å²) in [4.78, 5) is 12.1. The van der Waals surface area contributed by atoms with E-state index in [0.29, 0.717) is 12.8 Å². The van der Waals surface area contributed by atoms with E-state index in [1.165, 1.54) is 0 Å². The lowest BCUT2D eigenvalue weighted by molar-refractivity contribution is -0.184. The molecule has 1 amide bonds. The Hall–Kier alpha value is -0.780. The number of amides is 1. The molecule has 0 bridgehead atoms. The number of hydrogen-bond acceptors (Lipinski definition) is 2. The predicted molar refractivity (Wildman–Crippen MR) is 65.5 cm³/mol. The average Bonchev–Trinajstić information content (AvgIpc) is 2.75. The van der Waals surface area contributed by atoms with E-state index in [4.69, 9.17) is 0 Å². The molecule has 1 heterocycles. The highest BCUT2D eigenvalue weighted by Crippen LogP contribution is 2.39. The minimum Gasteiger partial charge on any atom is -0.349 e. The first-order valence-corrected chi connectivity index (χ1v) is 6.90. The molecule has 2 aliphatic rings. The number of carbonyl (C=O) groups is 1. The molecule has 110 valence electrons. The van der Waals surface area contributed by atoms with Crippen LogP contribution in [0, 0.1) is 11.8 Å². The molecule has 1 aliphatic carbocycles. The molecule has 1 saturated heterocycles. The van der Waals surface area contributed by atoms with Gasteiger partial charge in [0.25, 0.3) is 0 Å². The molecule has 0 aromatic carbocycles. The summed E-state index contributed by atoms with van der Waals surface area (Å²) in [6.07, 6.45) is -2.38. The van der Waals surface area contributed by atoms with Crippen molar-refractivity contribution in [2.45, 2.75) is 50.7 Å². The first kappa shape index (κ1) is 14.6. The summed E-state index contributed by atoms with van der Waals surface area (Å²) in [5.74, 6) is -1.55. The number of rotatable bonds is 2. The molecule has 1 unspecified atom stereocenters. The van der Waals surface area contributed by atoms with E-state index in [0.717, 1.165) is 19.5 Å². The third kappa shape index (κ3) is 3.61. The Morgan fingerprint density at radius 2 is 1.89 bits per heavy atom. The molecule has 1 saturated carbocycles. The Morgan fingerprint density at radius 1 is 1.26 bits per heavy atom. The maximum absolute atomic E-state index is 12.5. The number of nitrogens with one attached hydrogen (secondary N) is 2. The molecule has 0 aromatic rings. The highest BCUT2D eigenvalue weighted by Gasteiger charge is 2.43. The largest absolute Gasteiger partial charge is 0.391 e. The Morgan fingerprint density at radius 3 is 2.37 bits per heavy atom. The van der Waals surface area contributed by atoms with Crippen LogP contribution in [0.4, 0.5) is 13.2 Å². The lowest BCUT2D eigenvalue weighted by Gasteiger charge is -2.32. The molecule has 0 spiro atoms. The van der Waals surface area contributed by atoms with Crippen LogP contribution in [0.1, 0.15) is 39.0 Å². The van der Waals surface area contributed by atoms with Gasteiger partial charge in [-0.25, -0.2) is 0 Å². The van der Waals surface area contributed by atoms with Crippen molar-refractivity contribution in [3.05, 3.63) is 0 Å². The van der Waals surface area contributed by atoms with Gasteiger partial charge in [0, 0.05) is 12.5 Å². The molecule has 2 N–H and O–H groups in total. The standard InChI is InChI=1S/C13H21F3N2O/c1-12(6-7-17-8-12)18-11(19)9-2-4-10(5-3-9)13(14,15)16/h9-10,17H,2-8H2,1H3,(H,18,19). The third-order valence-electron chi connectivity index (χ3n) is 4.35. The van der Waals surface area contributed by atoms with Crippen LogP contribution in [-0.2, 0) is 4.79 Å². The van der Waals surface area contributed by atoms with E-state index in [1.807, 2.05) is 6.92 Å². The van der Waals surface area contributed by atoms with Gasteiger partial charge in [-0.3, -0.25) is 4.79 Å². The topological polar surface area (TPSA) is 41.1 Å². The lowest BCUT2D eigenvalue weighted by atomic mass is 9.81. The fourth-order valence-corrected chi connectivity index (χ4v) is 3.01. The number of halogens is 3. The Bertz CT molecular complexity index is 329. The molecule has 1 aliphatic heterocycles. The van der Waals surface area contributed by atoms with Crippen LogP contribution >= 0.6 is 0 Å². The molecule has 0 aromatic heterocycles. The van der Waals surface area contributed by atoms with Crippen molar-refractivity contribution in [3.63, 3.8) is 0 Å². The van der Waals surface area contributed by atoms with Crippen molar-refractivity contribution in [3.8, 4) is 0 Å². The van der Waals surface area contributed by atoms with Crippen LogP contribution in [0.15, 0.2) is 0 Å². The van der Waals surface area contributed by atoms with Crippen molar-refractivity contribution in [2.75, 3.05) is 13.1 Å². The van der Waals surface area contributed by atoms with Crippen LogP contribution in [0.3, 0.4) is 0 Å². The summed E-state index contributed by atoms with van der Waals surface area (Å²) >= 11 is 0. The van der Waals surface area contributed by atoms with Gasteiger partial charge in [0.2, 0.25) is 5.91 Å². The van der Waals surface area contributed by atoms with E-state index in [-0.39, 0.29) is 30.2 Å². The van der Waals surface area contributed by atoms with Crippen LogP contribution in [0.2, 0.25) is 0 Å². The van der Waals surface area contributed by atoms with Crippen molar-refractivity contribution in [2.24, 2.45) is 11.8 Å². The van der Waals surface area contributed by atoms with E-state index >= 15 is 0 Å². The minimum atomic E-state index is -4.11. The molecule has 3 nitrogen and oxygen atoms in total. The fourth-order valence-electron chi connectivity index (χ4n) is 3.01. The summed E-state index contributed by atoms with van der Waals surface area (Å²) in [5, 5.41) is 6.18. The zero-order valence-electron chi connectivity index (χ0n) is 11.1. The van der Waals surface area contributed by atoms with Crippen molar-refractivity contribution < 1.29 is 18.0 Å². The van der Waals surface area contributed by atoms with Crippen LogP contribution in [0.25, 0.3) is 0 Å². The number of alkyl halides is 3. The quantitative estimate of drug-likeness (QED) is 0.813. The van der Waals surface area contributed by atoms with E-state index in [9.17, 15) is 18.0 Å². The molecule has 6 heteroatoms. The molecular weight excluding hydrogens is 257 g/mol. The predicted octanol–water partition coefficient (Wildman–Crippen LogP) is 2.22. The van der Waals surface area contributed by atoms with Gasteiger partial charge in [0.1, 0.15) is 0 Å². The number of carbonyl (C=O) groups excluding carboxylic acids is 1. The van der Waals surface area contributed by atoms with Crippen LogP contribution in [0.5, 0.6) is 0 Å². The Balaban J connectivity index is 1.82. The first-order valence-electron chi connectivity index (χ1n) is 6.90. The SMILES string of the molecule is CC1(NC(=O)C2CCC(C(F)(F)F)CC2)CCNC1. The minimum absolute atomic E-state index is 0.0770. The fraction of sp³-hybridized carbons (Fsp3) is 0.923. The zero-order valence-corrected chi connectivity index (χ0v) is 11.1. The number of hydrogen-bond donors (Lipinski definition) is 2. The van der Waals surface area contributed by atoms with Gasteiger partial charge in [0.05, 0.1) is 11.5 Å². The molecular formula is C13H21F3N2O. The van der Waals surface area contributed by atoms with Gasteiger partial charge in [-0.15, -0.1) is 0 Å². The van der Waals surface area contributed by atoms with Gasteiger partial charge < -0.3 is 10.6 Å². The summed E-state index contributed by atoms with van der Waals surface area (Å²) in [6, 6.07) is 0. The molecule has 1 atom stereocenters. The Kier molecular flexibility index (Phi) is 4.08. The van der Waals surface area contributed by atoms with Gasteiger partial charge >= 0.3 is 6.18 Å². The van der Waals surface area contributed by atoms with Crippen LogP contribution < -0.4 is 10.6 Å². The van der Waals surface area contributed by atoms with Gasteiger partial charge in [-0.2, -0.15) is 13.2 Å². The molecule has 0 radical (unpaired) electrons. The second-order valence-corrected chi connectivity index (χ2v) is 6.07. The second kappa shape index (κ2) is 5.31. The zero-order chi connectivity index (χ0) is 14.1. The summed E-state index contributed by atoms with van der Waals surface area (Å²) in [7, 11) is 0. The summed E-state index contributed by atoms with van der Waals surface area (Å²) in [6.45, 7) is 3.58. The highest BCUT2D eigenvalue weighted by atomic mass is 19.4. The second-order valence-electron chi connectivity index (χ2n) is 6.07. The van der Waals surface area contributed by atoms with Crippen LogP contribution in [-0.4, -0.2) is 30.7 Å². The summed E-state index contributed by atoms with van der Waals surface area (Å²) in [5.41, 5.74) is -0.238. The van der Waals surface area contributed by atoms with Gasteiger partial charge in [-0.1, -0.05) is 0 Å². The average molecular weight is 278 g/mol. The smallest absolute Gasteiger partial charge is 0.349 e. The normalized spacial score (nSPS) is 36.2. The first-order chi connectivity index (χ1) is 8.80. The maximum Gasteiger partial charge on any atom is 0.391 e. The third-order valence-corrected chi connectivity index (χ3v) is 4.35. The van der Waals surface area contributed by atoms with E-state index in [1.54, 1.807) is 0 Å². The van der Waals surface area contributed by atoms with E-state index in [2.05, 4.69) is 10.6 Å². The van der Waals surface area contributed by atoms with Gasteiger partial charge in [-0.05, 0) is 45.6 Å². The molecule has 19 heavy (non-hydrogen) atoms. The van der Waals surface area contributed by atoms with Crippen molar-refractivity contribution in [1.29, 1.82) is 0 Å². The maximum atomic E-state index is 12.5.